The van der Waals surface area contributed by atoms with E-state index in [-0.39, 0.29) is 5.69 Å². The molecule has 220 valence electrons. The average molecular weight is 580 g/mol. The van der Waals surface area contributed by atoms with Crippen LogP contribution in [0.25, 0.3) is 22.7 Å². The highest BCUT2D eigenvalue weighted by atomic mass is 16.5. The fourth-order valence-electron chi connectivity index (χ4n) is 5.07. The summed E-state index contributed by atoms with van der Waals surface area (Å²) in [5.74, 6) is 1.71. The summed E-state index contributed by atoms with van der Waals surface area (Å²) in [4.78, 5) is 16.3. The first kappa shape index (κ1) is 28.3. The number of nitrogens with one attached hydrogen (secondary N) is 1. The number of pyridine rings is 2. The third-order valence-corrected chi connectivity index (χ3v) is 7.40. The van der Waals surface area contributed by atoms with Crippen LogP contribution in [0.15, 0.2) is 55.0 Å². The molecular weight excluding hydrogens is 546 g/mol. The first-order valence-corrected chi connectivity index (χ1v) is 14.2. The van der Waals surface area contributed by atoms with E-state index >= 15 is 0 Å². The number of aromatic nitrogens is 6. The summed E-state index contributed by atoms with van der Waals surface area (Å²) in [6.07, 6.45) is 2.71. The minimum atomic E-state index is -0.790. The van der Waals surface area contributed by atoms with Crippen LogP contribution < -0.4 is 10.1 Å². The van der Waals surface area contributed by atoms with Gasteiger partial charge >= 0.3 is 0 Å². The lowest BCUT2D eigenvalue weighted by atomic mass is 10.1. The highest BCUT2D eigenvalue weighted by Crippen LogP contribution is 2.34. The molecule has 0 radical (unpaired) electrons. The number of benzene rings is 1. The predicted molar refractivity (Wildman–Crippen MR) is 161 cm³/mol. The topological polar surface area (TPSA) is 139 Å². The van der Waals surface area contributed by atoms with E-state index in [4.69, 9.17) is 14.5 Å². The Morgan fingerprint density at radius 3 is 2.67 bits per heavy atom. The van der Waals surface area contributed by atoms with Crippen LogP contribution >= 0.6 is 0 Å². The summed E-state index contributed by atoms with van der Waals surface area (Å²) in [6, 6.07) is 15.3. The van der Waals surface area contributed by atoms with Gasteiger partial charge in [-0.15, -0.1) is 0 Å². The van der Waals surface area contributed by atoms with Crippen molar-refractivity contribution in [1.82, 2.24) is 34.2 Å². The Kier molecular flexibility index (Phi) is 8.02. The fraction of sp³-hybridized carbons (Fsp3) is 0.323. The van der Waals surface area contributed by atoms with Gasteiger partial charge in [0.2, 0.25) is 0 Å². The van der Waals surface area contributed by atoms with Gasteiger partial charge in [-0.3, -0.25) is 14.5 Å². The number of nitrogens with zero attached hydrogens (tertiary/aromatic N) is 8. The second kappa shape index (κ2) is 12.2. The lowest BCUT2D eigenvalue weighted by Gasteiger charge is -2.26. The molecule has 1 saturated heterocycles. The molecule has 4 aromatic heterocycles. The zero-order valence-electron chi connectivity index (χ0n) is 24.4. The molecule has 0 amide bonds. The highest BCUT2D eigenvalue weighted by Gasteiger charge is 2.19. The van der Waals surface area contributed by atoms with Gasteiger partial charge in [0.15, 0.2) is 11.5 Å². The molecule has 0 bridgehead atoms. The molecule has 12 nitrogen and oxygen atoms in total. The Morgan fingerprint density at radius 1 is 1.12 bits per heavy atom. The Morgan fingerprint density at radius 2 is 1.95 bits per heavy atom. The number of aryl methyl sites for hydroxylation is 2. The third kappa shape index (κ3) is 6.05. The smallest absolute Gasteiger partial charge is 0.163 e. The summed E-state index contributed by atoms with van der Waals surface area (Å²) < 4.78 is 15.2. The standard InChI is InChI=1S/C31H33N9O3/c1-20-4-5-23(18-33-20)35-27-15-28-26(16-29(27)43-13-10-38-8-11-42-12-9-38)34-19-39(28)30-7-6-25(22(3)41)31(36-30)40-21(2)14-24(17-32)37-40/h4-7,14-16,18-19,22,35,41H,8-13H2,1-3H3. The molecule has 2 N–H and O–H groups in total. The van der Waals surface area contributed by atoms with Gasteiger partial charge in [0.1, 0.15) is 30.6 Å². The molecule has 5 aromatic rings. The van der Waals surface area contributed by atoms with Crippen LogP contribution in [-0.2, 0) is 4.74 Å². The van der Waals surface area contributed by atoms with Gasteiger partial charge in [0.25, 0.3) is 0 Å². The number of anilines is 2. The van der Waals surface area contributed by atoms with E-state index in [9.17, 15) is 10.4 Å². The number of rotatable bonds is 9. The van der Waals surface area contributed by atoms with E-state index in [2.05, 4.69) is 31.4 Å². The van der Waals surface area contributed by atoms with Gasteiger partial charge in [-0.25, -0.2) is 14.6 Å². The van der Waals surface area contributed by atoms with Crippen molar-refractivity contribution in [2.45, 2.75) is 26.9 Å². The molecule has 12 heteroatoms. The number of morpholine rings is 1. The second-order valence-corrected chi connectivity index (χ2v) is 10.5. The van der Waals surface area contributed by atoms with E-state index in [0.29, 0.717) is 29.6 Å². The zero-order valence-corrected chi connectivity index (χ0v) is 24.4. The quantitative estimate of drug-likeness (QED) is 0.263. The largest absolute Gasteiger partial charge is 0.490 e. The minimum absolute atomic E-state index is 0.275. The van der Waals surface area contributed by atoms with E-state index in [1.807, 2.05) is 54.8 Å². The van der Waals surface area contributed by atoms with Crippen molar-refractivity contribution in [2.75, 3.05) is 44.8 Å². The van der Waals surface area contributed by atoms with Crippen molar-refractivity contribution in [1.29, 1.82) is 5.26 Å². The molecular formula is C31H33N9O3. The van der Waals surface area contributed by atoms with E-state index in [1.54, 1.807) is 30.2 Å². The number of imidazole rings is 1. The summed E-state index contributed by atoms with van der Waals surface area (Å²) in [6.45, 7) is 10.1. The number of hydrogen-bond donors (Lipinski definition) is 2. The van der Waals surface area contributed by atoms with Crippen LogP contribution in [0.2, 0.25) is 0 Å². The minimum Gasteiger partial charge on any atom is -0.490 e. The van der Waals surface area contributed by atoms with Crippen LogP contribution in [0.3, 0.4) is 0 Å². The lowest BCUT2D eigenvalue weighted by Crippen LogP contribution is -2.38. The van der Waals surface area contributed by atoms with Crippen molar-refractivity contribution in [3.05, 3.63) is 77.6 Å². The van der Waals surface area contributed by atoms with Crippen LogP contribution in [-0.4, -0.2) is 78.8 Å². The summed E-state index contributed by atoms with van der Waals surface area (Å²) in [5, 5.41) is 27.7. The van der Waals surface area contributed by atoms with Crippen molar-refractivity contribution < 1.29 is 14.6 Å². The van der Waals surface area contributed by atoms with E-state index in [1.165, 1.54) is 0 Å². The first-order valence-electron chi connectivity index (χ1n) is 14.2. The van der Waals surface area contributed by atoms with Gasteiger partial charge in [-0.05, 0) is 57.2 Å². The molecule has 0 saturated carbocycles. The highest BCUT2D eigenvalue weighted by molar-refractivity contribution is 5.86. The SMILES string of the molecule is Cc1ccc(Nc2cc3c(cc2OCCN2CCOCC2)ncn3-c2ccc(C(C)O)c(-n3nc(C#N)cc3C)n2)cn1. The van der Waals surface area contributed by atoms with Gasteiger partial charge < -0.3 is 19.9 Å². The van der Waals surface area contributed by atoms with Gasteiger partial charge in [0.05, 0.1) is 47.9 Å². The number of hydrogen-bond acceptors (Lipinski definition) is 10. The Labute approximate surface area is 249 Å². The molecule has 1 aromatic carbocycles. The predicted octanol–water partition coefficient (Wildman–Crippen LogP) is 4.00. The number of aliphatic hydroxyl groups is 1. The van der Waals surface area contributed by atoms with Crippen molar-refractivity contribution in [3.63, 3.8) is 0 Å². The first-order chi connectivity index (χ1) is 20.9. The van der Waals surface area contributed by atoms with Crippen LogP contribution in [0.5, 0.6) is 5.75 Å². The zero-order chi connectivity index (χ0) is 29.9. The molecule has 1 aliphatic rings. The van der Waals surface area contributed by atoms with Crippen molar-refractivity contribution in [3.8, 4) is 23.5 Å². The molecule has 1 atom stereocenters. The molecule has 0 spiro atoms. The summed E-state index contributed by atoms with van der Waals surface area (Å²) in [5.41, 5.74) is 5.67. The third-order valence-electron chi connectivity index (χ3n) is 7.40. The van der Waals surface area contributed by atoms with Gasteiger partial charge in [-0.1, -0.05) is 0 Å². The fourth-order valence-corrected chi connectivity index (χ4v) is 5.07. The molecule has 0 aliphatic carbocycles. The van der Waals surface area contributed by atoms with Gasteiger partial charge in [0, 0.05) is 42.7 Å². The molecule has 1 fully saturated rings. The summed E-state index contributed by atoms with van der Waals surface area (Å²) >= 11 is 0. The maximum Gasteiger partial charge on any atom is 0.163 e. The van der Waals surface area contributed by atoms with Crippen LogP contribution in [0.1, 0.15) is 35.7 Å². The van der Waals surface area contributed by atoms with Crippen LogP contribution in [0.4, 0.5) is 11.4 Å². The lowest BCUT2D eigenvalue weighted by molar-refractivity contribution is 0.0323. The van der Waals surface area contributed by atoms with E-state index in [0.717, 1.165) is 66.6 Å². The number of aliphatic hydroxyl groups excluding tert-OH is 1. The number of ether oxygens (including phenoxy) is 2. The average Bonchev–Trinajstić information content (AvgIpc) is 3.61. The molecule has 1 aliphatic heterocycles. The maximum absolute atomic E-state index is 10.5. The van der Waals surface area contributed by atoms with E-state index < -0.39 is 6.10 Å². The Bertz CT molecular complexity index is 1780. The van der Waals surface area contributed by atoms with Crippen LogP contribution in [0, 0.1) is 25.2 Å². The molecule has 1 unspecified atom stereocenters. The molecule has 43 heavy (non-hydrogen) atoms. The Hall–Kier alpha value is -4.83. The molecule has 6 rings (SSSR count). The summed E-state index contributed by atoms with van der Waals surface area (Å²) in [7, 11) is 0. The monoisotopic (exact) mass is 579 g/mol. The normalized spacial score (nSPS) is 14.5. The number of fused-ring (bicyclic) bond motifs is 1. The van der Waals surface area contributed by atoms with Crippen molar-refractivity contribution >= 4 is 22.4 Å². The molecule has 5 heterocycles. The number of nitriles is 1. The Balaban J connectivity index is 1.39. The van der Waals surface area contributed by atoms with Crippen molar-refractivity contribution in [2.24, 2.45) is 0 Å². The van der Waals surface area contributed by atoms with Gasteiger partial charge in [-0.2, -0.15) is 10.4 Å². The maximum atomic E-state index is 10.5. The second-order valence-electron chi connectivity index (χ2n) is 10.5.